The number of carbonyl (C=O) groups is 2. The van der Waals surface area contributed by atoms with Crippen molar-refractivity contribution in [1.29, 1.82) is 0 Å². The summed E-state index contributed by atoms with van der Waals surface area (Å²) in [5.41, 5.74) is 4.86. The van der Waals surface area contributed by atoms with Crippen LogP contribution in [-0.2, 0) is 11.3 Å². The van der Waals surface area contributed by atoms with Crippen molar-refractivity contribution in [2.24, 2.45) is 0 Å². The predicted molar refractivity (Wildman–Crippen MR) is 147 cm³/mol. The molecule has 2 aromatic carbocycles. The molecule has 2 amide bonds. The summed E-state index contributed by atoms with van der Waals surface area (Å²) in [4.78, 5) is 35.8. The van der Waals surface area contributed by atoms with Gasteiger partial charge in [-0.1, -0.05) is 30.3 Å². The molecular formula is C30H35N5O3. The van der Waals surface area contributed by atoms with E-state index in [1.165, 1.54) is 5.56 Å². The number of carbonyl (C=O) groups excluding carboxylic acids is 2. The number of benzene rings is 2. The number of anilines is 1. The molecule has 0 spiro atoms. The minimum absolute atomic E-state index is 0.00681. The van der Waals surface area contributed by atoms with Gasteiger partial charge in [-0.3, -0.25) is 24.9 Å². The first-order valence-corrected chi connectivity index (χ1v) is 13.4. The molecule has 2 aliphatic rings. The molecule has 0 saturated carbocycles. The molecule has 2 fully saturated rings. The Balaban J connectivity index is 1.36. The van der Waals surface area contributed by atoms with Gasteiger partial charge in [0.05, 0.1) is 12.6 Å². The zero-order valence-electron chi connectivity index (χ0n) is 21.9. The van der Waals surface area contributed by atoms with E-state index >= 15 is 0 Å². The first kappa shape index (κ1) is 25.9. The molecule has 1 atom stereocenters. The van der Waals surface area contributed by atoms with Crippen LogP contribution in [0.2, 0.25) is 0 Å². The Morgan fingerprint density at radius 2 is 1.74 bits per heavy atom. The molecule has 38 heavy (non-hydrogen) atoms. The fraction of sp³-hybridized carbons (Fsp3) is 0.367. The van der Waals surface area contributed by atoms with Crippen LogP contribution in [-0.4, -0.2) is 77.6 Å². The lowest BCUT2D eigenvalue weighted by Crippen LogP contribution is -2.47. The lowest BCUT2D eigenvalue weighted by atomic mass is 9.94. The van der Waals surface area contributed by atoms with Gasteiger partial charge in [0.1, 0.15) is 0 Å². The monoisotopic (exact) mass is 513 g/mol. The Labute approximate surface area is 224 Å². The molecule has 0 radical (unpaired) electrons. The van der Waals surface area contributed by atoms with E-state index in [0.717, 1.165) is 68.9 Å². The van der Waals surface area contributed by atoms with E-state index in [0.29, 0.717) is 12.3 Å². The minimum atomic E-state index is -0.459. The van der Waals surface area contributed by atoms with Crippen LogP contribution in [0.5, 0.6) is 0 Å². The lowest BCUT2D eigenvalue weighted by molar-refractivity contribution is 0.0651. The van der Waals surface area contributed by atoms with Crippen molar-refractivity contribution in [1.82, 2.24) is 19.7 Å². The second-order valence-corrected chi connectivity index (χ2v) is 9.81. The predicted octanol–water partition coefficient (Wildman–Crippen LogP) is 4.40. The molecule has 0 unspecified atom stereocenters. The number of ether oxygens (including phenoxy) is 1. The lowest BCUT2D eigenvalue weighted by Gasteiger charge is -2.40. The summed E-state index contributed by atoms with van der Waals surface area (Å²) in [5, 5.41) is 2.83. The third-order valence-corrected chi connectivity index (χ3v) is 7.24. The Morgan fingerprint density at radius 1 is 0.947 bits per heavy atom. The third-order valence-electron chi connectivity index (χ3n) is 7.24. The van der Waals surface area contributed by atoms with Crippen LogP contribution in [0.15, 0.2) is 73.1 Å². The quantitative estimate of drug-likeness (QED) is 0.481. The van der Waals surface area contributed by atoms with Crippen molar-refractivity contribution in [2.75, 3.05) is 51.2 Å². The van der Waals surface area contributed by atoms with Crippen molar-refractivity contribution in [3.8, 4) is 0 Å². The first-order chi connectivity index (χ1) is 18.6. The summed E-state index contributed by atoms with van der Waals surface area (Å²) in [5.74, 6) is 0.101. The van der Waals surface area contributed by atoms with Crippen molar-refractivity contribution in [2.45, 2.75) is 25.9 Å². The molecule has 8 nitrogen and oxygen atoms in total. The van der Waals surface area contributed by atoms with E-state index in [4.69, 9.17) is 4.74 Å². The van der Waals surface area contributed by atoms with Crippen molar-refractivity contribution in [3.63, 3.8) is 0 Å². The maximum Gasteiger partial charge on any atom is 0.411 e. The Morgan fingerprint density at radius 3 is 2.39 bits per heavy atom. The number of hydrogen-bond acceptors (Lipinski definition) is 6. The molecule has 1 aromatic heterocycles. The summed E-state index contributed by atoms with van der Waals surface area (Å²) in [6.45, 7) is 8.35. The summed E-state index contributed by atoms with van der Waals surface area (Å²) < 4.78 is 5.07. The highest BCUT2D eigenvalue weighted by Gasteiger charge is 2.28. The molecule has 8 heteroatoms. The van der Waals surface area contributed by atoms with Crippen LogP contribution in [0, 0.1) is 0 Å². The van der Waals surface area contributed by atoms with Gasteiger partial charge in [-0.2, -0.15) is 0 Å². The fourth-order valence-corrected chi connectivity index (χ4v) is 5.13. The smallest absolute Gasteiger partial charge is 0.411 e. The largest absolute Gasteiger partial charge is 0.450 e. The third kappa shape index (κ3) is 6.20. The molecule has 1 N–H and O–H groups in total. The maximum atomic E-state index is 12.7. The topological polar surface area (TPSA) is 78.0 Å². The van der Waals surface area contributed by atoms with Crippen LogP contribution in [0.3, 0.4) is 0 Å². The van der Waals surface area contributed by atoms with E-state index in [2.05, 4.69) is 44.4 Å². The molecule has 198 valence electrons. The highest BCUT2D eigenvalue weighted by atomic mass is 16.5. The SMILES string of the molecule is CCOC(=O)Nc1cccc([C@@H](c2ccc(C(=O)N3CCC3)cc2)N2CCN(Cc3cccnc3)CC2)c1. The standard InChI is InChI=1S/C30H35N5O3/c1-2-38-30(37)32-27-8-3-7-26(20-27)28(24-9-11-25(12-10-24)29(36)35-14-5-15-35)34-18-16-33(17-19-34)22-23-6-4-13-31-21-23/h3-4,6-13,20-21,28H,2,5,14-19,22H2,1H3,(H,32,37)/t28-/m1/s1. The van der Waals surface area contributed by atoms with Gasteiger partial charge >= 0.3 is 6.09 Å². The van der Waals surface area contributed by atoms with Gasteiger partial charge in [0, 0.05) is 69.5 Å². The number of amides is 2. The van der Waals surface area contributed by atoms with Crippen LogP contribution in [0.25, 0.3) is 0 Å². The summed E-state index contributed by atoms with van der Waals surface area (Å²) in [6, 6.07) is 20.1. The Kier molecular flexibility index (Phi) is 8.31. The van der Waals surface area contributed by atoms with Crippen molar-refractivity contribution >= 4 is 17.7 Å². The van der Waals surface area contributed by atoms with E-state index in [1.54, 1.807) is 13.1 Å². The molecule has 5 rings (SSSR count). The first-order valence-electron chi connectivity index (χ1n) is 13.4. The molecule has 3 heterocycles. The van der Waals surface area contributed by atoms with Crippen molar-refractivity contribution < 1.29 is 14.3 Å². The minimum Gasteiger partial charge on any atom is -0.450 e. The highest BCUT2D eigenvalue weighted by molar-refractivity contribution is 5.94. The van der Waals surface area contributed by atoms with Crippen molar-refractivity contribution in [3.05, 3.63) is 95.3 Å². The summed E-state index contributed by atoms with van der Waals surface area (Å²) in [7, 11) is 0. The second-order valence-electron chi connectivity index (χ2n) is 9.81. The Bertz CT molecular complexity index is 1220. The average Bonchev–Trinajstić information content (AvgIpc) is 2.90. The van der Waals surface area contributed by atoms with Crippen LogP contribution < -0.4 is 5.32 Å². The zero-order valence-corrected chi connectivity index (χ0v) is 21.9. The van der Waals surface area contributed by atoms with E-state index in [9.17, 15) is 9.59 Å². The number of nitrogens with one attached hydrogen (secondary N) is 1. The normalized spacial score (nSPS) is 16.9. The van der Waals surface area contributed by atoms with Crippen LogP contribution in [0.1, 0.15) is 46.4 Å². The van der Waals surface area contributed by atoms with E-state index in [1.807, 2.05) is 47.5 Å². The average molecular weight is 514 g/mol. The van der Waals surface area contributed by atoms with E-state index in [-0.39, 0.29) is 11.9 Å². The summed E-state index contributed by atoms with van der Waals surface area (Å²) >= 11 is 0. The van der Waals surface area contributed by atoms with Gasteiger partial charge < -0.3 is 9.64 Å². The molecular weight excluding hydrogens is 478 g/mol. The van der Waals surface area contributed by atoms with Crippen LogP contribution >= 0.6 is 0 Å². The number of nitrogens with zero attached hydrogens (tertiary/aromatic N) is 4. The number of hydrogen-bond donors (Lipinski definition) is 1. The molecule has 0 aliphatic carbocycles. The maximum absolute atomic E-state index is 12.7. The number of piperazine rings is 1. The molecule has 0 bridgehead atoms. The number of rotatable bonds is 8. The number of aromatic nitrogens is 1. The fourth-order valence-electron chi connectivity index (χ4n) is 5.13. The van der Waals surface area contributed by atoms with Gasteiger partial charge in [0.15, 0.2) is 0 Å². The zero-order chi connectivity index (χ0) is 26.3. The number of likely N-dealkylation sites (tertiary alicyclic amines) is 1. The molecule has 3 aromatic rings. The Hall–Kier alpha value is -3.75. The second kappa shape index (κ2) is 12.2. The highest BCUT2D eigenvalue weighted by Crippen LogP contribution is 2.32. The van der Waals surface area contributed by atoms with Gasteiger partial charge in [0.2, 0.25) is 0 Å². The summed E-state index contributed by atoms with van der Waals surface area (Å²) in [6.07, 6.45) is 4.35. The van der Waals surface area contributed by atoms with Gasteiger partial charge in [0.25, 0.3) is 5.91 Å². The molecule has 2 saturated heterocycles. The van der Waals surface area contributed by atoms with E-state index < -0.39 is 6.09 Å². The van der Waals surface area contributed by atoms with Gasteiger partial charge in [-0.15, -0.1) is 0 Å². The van der Waals surface area contributed by atoms with Gasteiger partial charge in [-0.05, 0) is 60.4 Å². The molecule has 2 aliphatic heterocycles. The van der Waals surface area contributed by atoms with Crippen LogP contribution in [0.4, 0.5) is 10.5 Å². The van der Waals surface area contributed by atoms with Gasteiger partial charge in [-0.25, -0.2) is 4.79 Å². The number of pyridine rings is 1.